The van der Waals surface area contributed by atoms with Crippen LogP contribution in [-0.4, -0.2) is 28.0 Å². The molecule has 0 aliphatic carbocycles. The highest BCUT2D eigenvalue weighted by molar-refractivity contribution is 5.95. The Morgan fingerprint density at radius 3 is 2.79 bits per heavy atom. The van der Waals surface area contributed by atoms with E-state index in [4.69, 9.17) is 4.74 Å². The fourth-order valence-electron chi connectivity index (χ4n) is 3.53. The molecule has 0 saturated carbocycles. The molecular weight excluding hydrogens is 370 g/mol. The standard InChI is InChI=1S/C22H21N3O4/c1-14(15-6-3-2-4-7-15)23-20(26)13-29-22(28)16-9-10-17-18(12-16)24-19-8-5-11-25(19)21(17)27/h2-4,6-7,9-10,12,14H,5,8,11,13H2,1H3,(H,23,26). The van der Waals surface area contributed by atoms with E-state index in [-0.39, 0.29) is 29.7 Å². The number of carbonyl (C=O) groups excluding carboxylic acids is 2. The van der Waals surface area contributed by atoms with Gasteiger partial charge in [0.05, 0.1) is 22.5 Å². The molecule has 0 saturated heterocycles. The van der Waals surface area contributed by atoms with E-state index < -0.39 is 5.97 Å². The molecule has 3 aromatic rings. The minimum Gasteiger partial charge on any atom is -0.452 e. The van der Waals surface area contributed by atoms with Gasteiger partial charge >= 0.3 is 5.97 Å². The van der Waals surface area contributed by atoms with Gasteiger partial charge in [-0.1, -0.05) is 30.3 Å². The van der Waals surface area contributed by atoms with Gasteiger partial charge in [0, 0.05) is 13.0 Å². The van der Waals surface area contributed by atoms with Crippen molar-refractivity contribution >= 4 is 22.8 Å². The van der Waals surface area contributed by atoms with Gasteiger partial charge in [0.1, 0.15) is 5.82 Å². The third-order valence-corrected chi connectivity index (χ3v) is 5.06. The van der Waals surface area contributed by atoms with Crippen LogP contribution in [0.15, 0.2) is 53.3 Å². The van der Waals surface area contributed by atoms with Crippen molar-refractivity contribution in [3.05, 3.63) is 75.8 Å². The number of nitrogens with one attached hydrogen (secondary N) is 1. The summed E-state index contributed by atoms with van der Waals surface area (Å²) in [5, 5.41) is 3.27. The van der Waals surface area contributed by atoms with Crippen LogP contribution in [0.3, 0.4) is 0 Å². The maximum Gasteiger partial charge on any atom is 0.338 e. The molecule has 1 aromatic heterocycles. The first-order chi connectivity index (χ1) is 14.0. The molecule has 1 N–H and O–H groups in total. The fraction of sp³-hybridized carbons (Fsp3) is 0.273. The van der Waals surface area contributed by atoms with E-state index in [1.54, 1.807) is 16.7 Å². The molecule has 7 heteroatoms. The summed E-state index contributed by atoms with van der Waals surface area (Å²) in [6.07, 6.45) is 1.64. The maximum absolute atomic E-state index is 12.5. The first-order valence-corrected chi connectivity index (χ1v) is 9.58. The fourth-order valence-corrected chi connectivity index (χ4v) is 3.53. The predicted molar refractivity (Wildman–Crippen MR) is 108 cm³/mol. The van der Waals surface area contributed by atoms with Crippen molar-refractivity contribution in [3.63, 3.8) is 0 Å². The van der Waals surface area contributed by atoms with Gasteiger partial charge < -0.3 is 10.1 Å². The average molecular weight is 391 g/mol. The van der Waals surface area contributed by atoms with Crippen molar-refractivity contribution in [1.82, 2.24) is 14.9 Å². The minimum atomic E-state index is -0.628. The molecule has 1 aliphatic heterocycles. The molecule has 0 spiro atoms. The molecule has 0 fully saturated rings. The summed E-state index contributed by atoms with van der Waals surface area (Å²) in [5.74, 6) is -0.274. The monoisotopic (exact) mass is 391 g/mol. The molecule has 4 rings (SSSR count). The number of aryl methyl sites for hydroxylation is 1. The molecule has 1 unspecified atom stereocenters. The zero-order chi connectivity index (χ0) is 20.4. The van der Waals surface area contributed by atoms with Gasteiger partial charge in [0.2, 0.25) is 0 Å². The van der Waals surface area contributed by atoms with Crippen LogP contribution in [0.1, 0.15) is 41.1 Å². The number of hydrogen-bond donors (Lipinski definition) is 1. The third-order valence-electron chi connectivity index (χ3n) is 5.06. The van der Waals surface area contributed by atoms with Crippen LogP contribution in [0.4, 0.5) is 0 Å². The van der Waals surface area contributed by atoms with Gasteiger partial charge in [-0.3, -0.25) is 14.2 Å². The Labute approximate surface area is 167 Å². The van der Waals surface area contributed by atoms with Gasteiger partial charge in [0.25, 0.3) is 11.5 Å². The van der Waals surface area contributed by atoms with Crippen LogP contribution in [0.2, 0.25) is 0 Å². The molecule has 1 amide bonds. The van der Waals surface area contributed by atoms with E-state index >= 15 is 0 Å². The Bertz CT molecular complexity index is 1140. The van der Waals surface area contributed by atoms with Crippen molar-refractivity contribution in [2.45, 2.75) is 32.4 Å². The third kappa shape index (κ3) is 3.89. The van der Waals surface area contributed by atoms with Crippen molar-refractivity contribution < 1.29 is 14.3 Å². The molecule has 7 nitrogen and oxygen atoms in total. The molecule has 2 aromatic carbocycles. The first-order valence-electron chi connectivity index (χ1n) is 9.58. The molecular formula is C22H21N3O4. The second-order valence-corrected chi connectivity index (χ2v) is 7.10. The van der Waals surface area contributed by atoms with Gasteiger partial charge in [-0.05, 0) is 37.1 Å². The first kappa shape index (κ1) is 18.9. The van der Waals surface area contributed by atoms with E-state index in [0.29, 0.717) is 17.4 Å². The number of rotatable bonds is 5. The summed E-state index contributed by atoms with van der Waals surface area (Å²) in [6, 6.07) is 14.0. The molecule has 148 valence electrons. The highest BCUT2D eigenvalue weighted by Gasteiger charge is 2.18. The summed E-state index contributed by atoms with van der Waals surface area (Å²) in [4.78, 5) is 41.5. The van der Waals surface area contributed by atoms with Crippen LogP contribution < -0.4 is 10.9 Å². The normalized spacial score (nSPS) is 13.7. The van der Waals surface area contributed by atoms with Crippen LogP contribution in [-0.2, 0) is 22.5 Å². The lowest BCUT2D eigenvalue weighted by Gasteiger charge is -2.14. The zero-order valence-electron chi connectivity index (χ0n) is 16.1. The van der Waals surface area contributed by atoms with Gasteiger partial charge in [-0.15, -0.1) is 0 Å². The van der Waals surface area contributed by atoms with Crippen molar-refractivity contribution in [3.8, 4) is 0 Å². The molecule has 2 heterocycles. The summed E-state index contributed by atoms with van der Waals surface area (Å²) in [6.45, 7) is 2.16. The number of benzene rings is 2. The Balaban J connectivity index is 1.42. The van der Waals surface area contributed by atoms with E-state index in [2.05, 4.69) is 10.3 Å². The van der Waals surface area contributed by atoms with Crippen molar-refractivity contribution in [2.75, 3.05) is 6.61 Å². The van der Waals surface area contributed by atoms with Crippen LogP contribution in [0, 0.1) is 0 Å². The maximum atomic E-state index is 12.5. The van der Waals surface area contributed by atoms with Gasteiger partial charge in [0.15, 0.2) is 6.61 Å². The van der Waals surface area contributed by atoms with E-state index in [1.807, 2.05) is 37.3 Å². The Morgan fingerprint density at radius 2 is 2.00 bits per heavy atom. The largest absolute Gasteiger partial charge is 0.452 e. The van der Waals surface area contributed by atoms with Gasteiger partial charge in [-0.25, -0.2) is 9.78 Å². The highest BCUT2D eigenvalue weighted by atomic mass is 16.5. The highest BCUT2D eigenvalue weighted by Crippen LogP contribution is 2.17. The number of fused-ring (bicyclic) bond motifs is 2. The zero-order valence-corrected chi connectivity index (χ0v) is 16.1. The lowest BCUT2D eigenvalue weighted by Crippen LogP contribution is -2.31. The summed E-state index contributed by atoms with van der Waals surface area (Å²) < 4.78 is 6.82. The Hall–Kier alpha value is -3.48. The average Bonchev–Trinajstić information content (AvgIpc) is 3.21. The number of esters is 1. The summed E-state index contributed by atoms with van der Waals surface area (Å²) in [5.41, 5.74) is 1.61. The second-order valence-electron chi connectivity index (χ2n) is 7.10. The number of hydrogen-bond acceptors (Lipinski definition) is 5. The van der Waals surface area contributed by atoms with Crippen molar-refractivity contribution in [2.24, 2.45) is 0 Å². The quantitative estimate of drug-likeness (QED) is 0.675. The van der Waals surface area contributed by atoms with E-state index in [1.165, 1.54) is 6.07 Å². The molecule has 0 bridgehead atoms. The number of ether oxygens (including phenoxy) is 1. The Morgan fingerprint density at radius 1 is 1.21 bits per heavy atom. The van der Waals surface area contributed by atoms with E-state index in [9.17, 15) is 14.4 Å². The second kappa shape index (κ2) is 7.87. The smallest absolute Gasteiger partial charge is 0.338 e. The Kier molecular flexibility index (Phi) is 5.12. The van der Waals surface area contributed by atoms with Crippen LogP contribution in [0.25, 0.3) is 10.9 Å². The summed E-state index contributed by atoms with van der Waals surface area (Å²) >= 11 is 0. The van der Waals surface area contributed by atoms with E-state index in [0.717, 1.165) is 24.2 Å². The lowest BCUT2D eigenvalue weighted by atomic mass is 10.1. The molecule has 1 atom stereocenters. The van der Waals surface area contributed by atoms with Gasteiger partial charge in [-0.2, -0.15) is 0 Å². The summed E-state index contributed by atoms with van der Waals surface area (Å²) in [7, 11) is 0. The molecule has 1 aliphatic rings. The number of nitrogens with zero attached hydrogens (tertiary/aromatic N) is 2. The molecule has 29 heavy (non-hydrogen) atoms. The topological polar surface area (TPSA) is 90.3 Å². The number of aromatic nitrogens is 2. The number of carbonyl (C=O) groups is 2. The van der Waals surface area contributed by atoms with Crippen molar-refractivity contribution in [1.29, 1.82) is 0 Å². The predicted octanol–water partition coefficient (Wildman–Crippen LogP) is 2.38. The lowest BCUT2D eigenvalue weighted by molar-refractivity contribution is -0.124. The number of amides is 1. The van der Waals surface area contributed by atoms with Crippen LogP contribution in [0.5, 0.6) is 0 Å². The van der Waals surface area contributed by atoms with Crippen LogP contribution >= 0.6 is 0 Å². The molecule has 0 radical (unpaired) electrons. The minimum absolute atomic E-state index is 0.0864. The SMILES string of the molecule is CC(NC(=O)COC(=O)c1ccc2c(=O)n3c(nc2c1)CCC3)c1ccccc1.